The van der Waals surface area contributed by atoms with Gasteiger partial charge in [-0.05, 0) is 43.2 Å². The van der Waals surface area contributed by atoms with Crippen molar-refractivity contribution in [3.63, 3.8) is 0 Å². The third-order valence-electron chi connectivity index (χ3n) is 3.35. The Morgan fingerprint density at radius 1 is 1.33 bits per heavy atom. The van der Waals surface area contributed by atoms with Crippen LogP contribution in [0.1, 0.15) is 23.4 Å². The van der Waals surface area contributed by atoms with Gasteiger partial charge in [-0.1, -0.05) is 6.07 Å². The molecule has 5 heteroatoms. The van der Waals surface area contributed by atoms with Crippen LogP contribution in [0.25, 0.3) is 0 Å². The van der Waals surface area contributed by atoms with Gasteiger partial charge in [0.15, 0.2) is 0 Å². The van der Waals surface area contributed by atoms with Gasteiger partial charge in [0.2, 0.25) is 0 Å². The van der Waals surface area contributed by atoms with E-state index in [4.69, 9.17) is 0 Å². The molecule has 2 heterocycles. The van der Waals surface area contributed by atoms with Crippen molar-refractivity contribution in [2.45, 2.75) is 25.7 Å². The first-order chi connectivity index (χ1) is 7.92. The number of pyridine rings is 1. The van der Waals surface area contributed by atoms with E-state index in [2.05, 4.69) is 21.0 Å². The Kier molecular flexibility index (Phi) is 5.63. The molecule has 2 aromatic heterocycles. The quantitative estimate of drug-likeness (QED) is 0.922. The molecule has 1 N–H and O–H groups in total. The smallest absolute Gasteiger partial charge is 0.0921 e. The number of rotatable bonds is 2. The highest BCUT2D eigenvalue weighted by Crippen LogP contribution is 2.25. The zero-order valence-electron chi connectivity index (χ0n) is 10.0. The summed E-state index contributed by atoms with van der Waals surface area (Å²) in [5.41, 5.74) is 3.96. The van der Waals surface area contributed by atoms with E-state index >= 15 is 0 Å². The highest BCUT2D eigenvalue weighted by atomic mass is 35.5. The summed E-state index contributed by atoms with van der Waals surface area (Å²) in [6, 6.07) is 4.24. The Bertz CT molecular complexity index is 471. The fourth-order valence-corrected chi connectivity index (χ4v) is 2.50. The average Bonchev–Trinajstić information content (AvgIpc) is 2.82. The molecule has 0 unspecified atom stereocenters. The summed E-state index contributed by atoms with van der Waals surface area (Å²) >= 11 is 0. The fraction of sp³-hybridized carbons (Fsp3) is 0.385. The summed E-state index contributed by atoms with van der Waals surface area (Å²) < 4.78 is 0. The van der Waals surface area contributed by atoms with Crippen molar-refractivity contribution >= 4 is 24.8 Å². The first-order valence-corrected chi connectivity index (χ1v) is 5.82. The maximum atomic E-state index is 4.47. The highest BCUT2D eigenvalue weighted by Gasteiger charge is 2.19. The number of halogens is 2. The van der Waals surface area contributed by atoms with E-state index in [1.54, 1.807) is 6.33 Å². The molecule has 3 rings (SSSR count). The van der Waals surface area contributed by atoms with Gasteiger partial charge in [-0.3, -0.25) is 4.98 Å². The van der Waals surface area contributed by atoms with E-state index in [1.165, 1.54) is 29.8 Å². The zero-order valence-corrected chi connectivity index (χ0v) is 11.6. The minimum absolute atomic E-state index is 0. The average molecular weight is 286 g/mol. The van der Waals surface area contributed by atoms with Gasteiger partial charge in [0.05, 0.1) is 6.33 Å². The van der Waals surface area contributed by atoms with Crippen molar-refractivity contribution in [3.05, 3.63) is 47.8 Å². The van der Waals surface area contributed by atoms with E-state index in [0.29, 0.717) is 5.92 Å². The van der Waals surface area contributed by atoms with Gasteiger partial charge >= 0.3 is 0 Å². The van der Waals surface area contributed by atoms with Crippen LogP contribution in [-0.2, 0) is 19.3 Å². The number of aromatic nitrogens is 3. The number of aromatic amines is 1. The minimum atomic E-state index is 0. The molecular weight excluding hydrogens is 269 g/mol. The molecule has 0 spiro atoms. The second-order valence-electron chi connectivity index (χ2n) is 4.50. The summed E-state index contributed by atoms with van der Waals surface area (Å²) in [5, 5.41) is 0. The minimum Gasteiger partial charge on any atom is -0.348 e. The monoisotopic (exact) mass is 285 g/mol. The molecule has 0 aliphatic heterocycles. The zero-order chi connectivity index (χ0) is 10.8. The van der Waals surface area contributed by atoms with E-state index < -0.39 is 0 Å². The first kappa shape index (κ1) is 15.0. The van der Waals surface area contributed by atoms with Crippen LogP contribution in [-0.4, -0.2) is 15.0 Å². The van der Waals surface area contributed by atoms with Crippen LogP contribution in [0.4, 0.5) is 0 Å². The lowest BCUT2D eigenvalue weighted by atomic mass is 9.84. The van der Waals surface area contributed by atoms with Gasteiger partial charge in [0.1, 0.15) is 0 Å². The van der Waals surface area contributed by atoms with Crippen LogP contribution in [0.5, 0.6) is 0 Å². The van der Waals surface area contributed by atoms with Gasteiger partial charge < -0.3 is 4.98 Å². The first-order valence-electron chi connectivity index (χ1n) is 5.82. The second-order valence-corrected chi connectivity index (χ2v) is 4.50. The topological polar surface area (TPSA) is 41.6 Å². The van der Waals surface area contributed by atoms with Crippen molar-refractivity contribution in [2.75, 3.05) is 0 Å². The lowest BCUT2D eigenvalue weighted by Crippen LogP contribution is -2.17. The summed E-state index contributed by atoms with van der Waals surface area (Å²) in [4.78, 5) is 11.7. The third kappa shape index (κ3) is 3.24. The highest BCUT2D eigenvalue weighted by molar-refractivity contribution is 5.85. The van der Waals surface area contributed by atoms with Gasteiger partial charge in [-0.2, -0.15) is 0 Å². The van der Waals surface area contributed by atoms with Gasteiger partial charge in [-0.15, -0.1) is 24.8 Å². The number of fused-ring (bicyclic) bond motifs is 1. The van der Waals surface area contributed by atoms with Crippen LogP contribution < -0.4 is 0 Å². The molecule has 0 bridgehead atoms. The molecular formula is C13H17Cl2N3. The molecule has 2 aromatic rings. The molecule has 0 aromatic carbocycles. The standard InChI is InChI=1S/C13H15N3.2ClH/c1-2-11-4-3-10(7-13(11)15-5-1)6-12-8-14-9-16-12;;/h1-2,5,8-10H,3-4,6-7H2,(H,14,16);2*1H/t10-;;/m0../s1. The Balaban J connectivity index is 0.000000810. The van der Waals surface area contributed by atoms with Crippen molar-refractivity contribution in [1.29, 1.82) is 0 Å². The van der Waals surface area contributed by atoms with Crippen LogP contribution in [0, 0.1) is 5.92 Å². The molecule has 1 aliphatic rings. The second kappa shape index (κ2) is 6.76. The number of imidazole rings is 1. The van der Waals surface area contributed by atoms with E-state index in [0.717, 1.165) is 12.8 Å². The number of H-pyrrole nitrogens is 1. The van der Waals surface area contributed by atoms with Gasteiger partial charge in [-0.25, -0.2) is 4.98 Å². The van der Waals surface area contributed by atoms with Crippen molar-refractivity contribution in [2.24, 2.45) is 5.92 Å². The molecule has 3 nitrogen and oxygen atoms in total. The number of aryl methyl sites for hydroxylation is 1. The molecule has 0 saturated carbocycles. The number of hydrogen-bond acceptors (Lipinski definition) is 2. The fourth-order valence-electron chi connectivity index (χ4n) is 2.50. The molecule has 98 valence electrons. The predicted octanol–water partition coefficient (Wildman–Crippen LogP) is 3.00. The number of nitrogens with zero attached hydrogens (tertiary/aromatic N) is 2. The Morgan fingerprint density at radius 2 is 2.22 bits per heavy atom. The molecule has 1 atom stereocenters. The summed E-state index contributed by atoms with van der Waals surface area (Å²) in [6.07, 6.45) is 10.2. The van der Waals surface area contributed by atoms with Gasteiger partial charge in [0.25, 0.3) is 0 Å². The van der Waals surface area contributed by atoms with Gasteiger partial charge in [0, 0.05) is 23.8 Å². The van der Waals surface area contributed by atoms with E-state index in [9.17, 15) is 0 Å². The molecule has 0 saturated heterocycles. The van der Waals surface area contributed by atoms with Crippen LogP contribution >= 0.6 is 24.8 Å². The Labute approximate surface area is 119 Å². The normalized spacial score (nSPS) is 17.2. The number of nitrogens with one attached hydrogen (secondary N) is 1. The largest absolute Gasteiger partial charge is 0.348 e. The summed E-state index contributed by atoms with van der Waals surface area (Å²) in [6.45, 7) is 0. The molecule has 0 amide bonds. The van der Waals surface area contributed by atoms with Crippen LogP contribution in [0.15, 0.2) is 30.9 Å². The lowest BCUT2D eigenvalue weighted by molar-refractivity contribution is 0.445. The third-order valence-corrected chi connectivity index (χ3v) is 3.35. The van der Waals surface area contributed by atoms with Crippen molar-refractivity contribution in [3.8, 4) is 0 Å². The van der Waals surface area contributed by atoms with Crippen LogP contribution in [0.2, 0.25) is 0 Å². The van der Waals surface area contributed by atoms with Crippen LogP contribution in [0.3, 0.4) is 0 Å². The molecule has 0 fully saturated rings. The SMILES string of the molecule is Cl.Cl.c1cnc2c(c1)CC[C@@H](Cc1cnc[nH]1)C2. The summed E-state index contributed by atoms with van der Waals surface area (Å²) in [7, 11) is 0. The Hall–Kier alpha value is -1.06. The van der Waals surface area contributed by atoms with E-state index in [1.807, 2.05) is 18.5 Å². The molecule has 1 aliphatic carbocycles. The molecule has 0 radical (unpaired) electrons. The summed E-state index contributed by atoms with van der Waals surface area (Å²) in [5.74, 6) is 0.711. The maximum Gasteiger partial charge on any atom is 0.0921 e. The Morgan fingerprint density at radius 3 is 3.00 bits per heavy atom. The van der Waals surface area contributed by atoms with E-state index in [-0.39, 0.29) is 24.8 Å². The molecule has 18 heavy (non-hydrogen) atoms. The lowest BCUT2D eigenvalue weighted by Gasteiger charge is -2.22. The maximum absolute atomic E-state index is 4.47. The number of hydrogen-bond donors (Lipinski definition) is 1. The predicted molar refractivity (Wildman–Crippen MR) is 76.5 cm³/mol. The van der Waals surface area contributed by atoms with Crippen molar-refractivity contribution in [1.82, 2.24) is 15.0 Å². The van der Waals surface area contributed by atoms with Crippen molar-refractivity contribution < 1.29 is 0 Å².